The van der Waals surface area contributed by atoms with Gasteiger partial charge in [0.15, 0.2) is 5.82 Å². The molecule has 84 valence electrons. The molecule has 4 nitrogen and oxygen atoms in total. The zero-order valence-electron chi connectivity index (χ0n) is 9.40. The van der Waals surface area contributed by atoms with Crippen molar-refractivity contribution < 1.29 is 9.63 Å². The Balaban J connectivity index is 2.39. The van der Waals surface area contributed by atoms with Crippen molar-refractivity contribution in [2.24, 2.45) is 0 Å². The first kappa shape index (κ1) is 10.7. The topological polar surface area (TPSA) is 59.2 Å². The molecule has 1 aromatic heterocycles. The van der Waals surface area contributed by atoms with Crippen LogP contribution in [0.1, 0.15) is 24.7 Å². The summed E-state index contributed by atoms with van der Waals surface area (Å²) in [5.74, 6) is 1.42. The van der Waals surface area contributed by atoms with Crippen molar-refractivity contribution in [1.82, 2.24) is 10.1 Å². The molecule has 1 heterocycles. The summed E-state index contributed by atoms with van der Waals surface area (Å²) in [6.07, 6.45) is 1.79. The number of phenols is 1. The third kappa shape index (κ3) is 1.91. The molecular weight excluding hydrogens is 204 g/mol. The molecule has 0 amide bonds. The monoisotopic (exact) mass is 218 g/mol. The molecule has 2 rings (SSSR count). The Morgan fingerprint density at radius 3 is 2.94 bits per heavy atom. The van der Waals surface area contributed by atoms with E-state index in [0.29, 0.717) is 11.7 Å². The highest BCUT2D eigenvalue weighted by atomic mass is 16.5. The lowest BCUT2D eigenvalue weighted by atomic mass is 10.1. The number of hydrogen-bond acceptors (Lipinski definition) is 4. The molecule has 0 bridgehead atoms. The predicted molar refractivity (Wildman–Crippen MR) is 60.1 cm³/mol. The minimum Gasteiger partial charge on any atom is -0.508 e. The van der Waals surface area contributed by atoms with Gasteiger partial charge < -0.3 is 9.63 Å². The van der Waals surface area contributed by atoms with Gasteiger partial charge in [-0.15, -0.1) is 0 Å². The summed E-state index contributed by atoms with van der Waals surface area (Å²) in [7, 11) is 0. The minimum absolute atomic E-state index is 0.243. The van der Waals surface area contributed by atoms with Gasteiger partial charge in [-0.3, -0.25) is 0 Å². The second kappa shape index (κ2) is 4.35. The summed E-state index contributed by atoms with van der Waals surface area (Å²) in [5.41, 5.74) is 1.55. The number of hydrogen-bond donors (Lipinski definition) is 1. The van der Waals surface area contributed by atoms with E-state index in [0.717, 1.165) is 24.0 Å². The maximum absolute atomic E-state index is 9.58. The fourth-order valence-corrected chi connectivity index (χ4v) is 1.54. The van der Waals surface area contributed by atoms with Crippen LogP contribution in [0.5, 0.6) is 5.75 Å². The lowest BCUT2D eigenvalue weighted by Gasteiger charge is -2.01. The molecule has 0 aliphatic heterocycles. The molecule has 0 aliphatic carbocycles. The minimum atomic E-state index is 0.243. The molecule has 0 aliphatic rings. The Morgan fingerprint density at radius 2 is 2.19 bits per heavy atom. The van der Waals surface area contributed by atoms with Crippen molar-refractivity contribution in [1.29, 1.82) is 0 Å². The Hall–Kier alpha value is -1.84. The van der Waals surface area contributed by atoms with Gasteiger partial charge in [0.2, 0.25) is 0 Å². The van der Waals surface area contributed by atoms with E-state index in [2.05, 4.69) is 17.1 Å². The van der Waals surface area contributed by atoms with Crippen molar-refractivity contribution in [3.63, 3.8) is 0 Å². The van der Waals surface area contributed by atoms with Crippen molar-refractivity contribution >= 4 is 0 Å². The van der Waals surface area contributed by atoms with Gasteiger partial charge in [-0.25, -0.2) is 0 Å². The van der Waals surface area contributed by atoms with Crippen LogP contribution in [-0.2, 0) is 6.42 Å². The number of benzene rings is 1. The Bertz CT molecular complexity index is 492. The normalized spacial score (nSPS) is 10.6. The smallest absolute Gasteiger partial charge is 0.258 e. The summed E-state index contributed by atoms with van der Waals surface area (Å²) in [4.78, 5) is 4.28. The highest BCUT2D eigenvalue weighted by molar-refractivity contribution is 5.61. The van der Waals surface area contributed by atoms with E-state index >= 15 is 0 Å². The van der Waals surface area contributed by atoms with Gasteiger partial charge in [0, 0.05) is 17.5 Å². The van der Waals surface area contributed by atoms with Crippen LogP contribution in [0, 0.1) is 6.92 Å². The van der Waals surface area contributed by atoms with Crippen molar-refractivity contribution in [2.75, 3.05) is 0 Å². The molecule has 2 aromatic rings. The molecule has 0 atom stereocenters. The van der Waals surface area contributed by atoms with Gasteiger partial charge in [0.1, 0.15) is 5.75 Å². The molecule has 0 saturated carbocycles. The number of aromatic hydroxyl groups is 1. The molecule has 0 saturated heterocycles. The van der Waals surface area contributed by atoms with Gasteiger partial charge in [-0.05, 0) is 25.5 Å². The number of rotatable bonds is 3. The molecule has 0 fully saturated rings. The summed E-state index contributed by atoms with van der Waals surface area (Å²) in [6, 6.07) is 5.27. The van der Waals surface area contributed by atoms with Crippen LogP contribution >= 0.6 is 0 Å². The SMILES string of the molecule is CCCc1noc(-c2cccc(O)c2C)n1. The molecule has 16 heavy (non-hydrogen) atoms. The molecule has 1 N–H and O–H groups in total. The molecule has 4 heteroatoms. The number of nitrogens with zero attached hydrogens (tertiary/aromatic N) is 2. The Kier molecular flexibility index (Phi) is 2.90. The second-order valence-electron chi connectivity index (χ2n) is 3.72. The van der Waals surface area contributed by atoms with E-state index in [1.807, 2.05) is 13.0 Å². The average molecular weight is 218 g/mol. The van der Waals surface area contributed by atoms with E-state index in [4.69, 9.17) is 4.52 Å². The van der Waals surface area contributed by atoms with Gasteiger partial charge in [0.05, 0.1) is 0 Å². The average Bonchev–Trinajstić information content (AvgIpc) is 2.71. The maximum atomic E-state index is 9.58. The lowest BCUT2D eigenvalue weighted by molar-refractivity contribution is 0.421. The van der Waals surface area contributed by atoms with E-state index in [1.165, 1.54) is 0 Å². The van der Waals surface area contributed by atoms with Crippen LogP contribution < -0.4 is 0 Å². The fraction of sp³-hybridized carbons (Fsp3) is 0.333. The third-order valence-electron chi connectivity index (χ3n) is 2.48. The standard InChI is InChI=1S/C12H14N2O2/c1-3-5-11-13-12(16-14-11)9-6-4-7-10(15)8(9)2/h4,6-7,15H,3,5H2,1-2H3. The first-order valence-corrected chi connectivity index (χ1v) is 5.34. The van der Waals surface area contributed by atoms with Crippen molar-refractivity contribution in [3.8, 4) is 17.2 Å². The zero-order chi connectivity index (χ0) is 11.5. The van der Waals surface area contributed by atoms with Crippen molar-refractivity contribution in [2.45, 2.75) is 26.7 Å². The maximum Gasteiger partial charge on any atom is 0.258 e. The van der Waals surface area contributed by atoms with Crippen LogP contribution in [0.4, 0.5) is 0 Å². The zero-order valence-corrected chi connectivity index (χ0v) is 9.40. The highest BCUT2D eigenvalue weighted by Crippen LogP contribution is 2.27. The van der Waals surface area contributed by atoms with Crippen LogP contribution in [0.2, 0.25) is 0 Å². The number of phenolic OH excluding ortho intramolecular Hbond substituents is 1. The summed E-state index contributed by atoms with van der Waals surface area (Å²) >= 11 is 0. The van der Waals surface area contributed by atoms with Crippen LogP contribution in [0.15, 0.2) is 22.7 Å². The van der Waals surface area contributed by atoms with Gasteiger partial charge >= 0.3 is 0 Å². The van der Waals surface area contributed by atoms with E-state index in [-0.39, 0.29) is 5.75 Å². The van der Waals surface area contributed by atoms with Crippen LogP contribution in [-0.4, -0.2) is 15.2 Å². The van der Waals surface area contributed by atoms with Gasteiger partial charge in [-0.2, -0.15) is 4.98 Å². The van der Waals surface area contributed by atoms with Gasteiger partial charge in [0.25, 0.3) is 5.89 Å². The van der Waals surface area contributed by atoms with E-state index in [9.17, 15) is 5.11 Å². The first-order valence-electron chi connectivity index (χ1n) is 5.34. The Labute approximate surface area is 93.9 Å². The molecular formula is C12H14N2O2. The van der Waals surface area contributed by atoms with E-state index < -0.39 is 0 Å². The molecule has 0 radical (unpaired) electrons. The third-order valence-corrected chi connectivity index (χ3v) is 2.48. The molecule has 0 unspecified atom stereocenters. The fourth-order valence-electron chi connectivity index (χ4n) is 1.54. The second-order valence-corrected chi connectivity index (χ2v) is 3.72. The summed E-state index contributed by atoms with van der Waals surface area (Å²) in [5, 5.41) is 13.5. The lowest BCUT2D eigenvalue weighted by Crippen LogP contribution is -1.87. The van der Waals surface area contributed by atoms with Crippen molar-refractivity contribution in [3.05, 3.63) is 29.6 Å². The first-order chi connectivity index (χ1) is 7.72. The summed E-state index contributed by atoms with van der Waals surface area (Å²) in [6.45, 7) is 3.89. The number of aryl methyl sites for hydroxylation is 1. The highest BCUT2D eigenvalue weighted by Gasteiger charge is 2.12. The van der Waals surface area contributed by atoms with Crippen LogP contribution in [0.25, 0.3) is 11.5 Å². The Morgan fingerprint density at radius 1 is 1.38 bits per heavy atom. The molecule has 0 spiro atoms. The van der Waals surface area contributed by atoms with E-state index in [1.54, 1.807) is 12.1 Å². The summed E-state index contributed by atoms with van der Waals surface area (Å²) < 4.78 is 5.17. The van der Waals surface area contributed by atoms with Crippen LogP contribution in [0.3, 0.4) is 0 Å². The van der Waals surface area contributed by atoms with Gasteiger partial charge in [-0.1, -0.05) is 18.1 Å². The number of aromatic nitrogens is 2. The predicted octanol–water partition coefficient (Wildman–Crippen LogP) is 2.70. The molecule has 1 aromatic carbocycles. The largest absolute Gasteiger partial charge is 0.508 e. The quantitative estimate of drug-likeness (QED) is 0.860.